The molecule has 2 amide bonds. The number of amides is 2. The number of nitrogens with one attached hydrogen (secondary N) is 2. The number of hydrogen-bond donors (Lipinski definition) is 2. The van der Waals surface area contributed by atoms with Crippen molar-refractivity contribution < 1.29 is 27.9 Å². The number of carbonyl (C=O) groups is 2. The molecule has 0 aliphatic rings. The second-order valence-corrected chi connectivity index (χ2v) is 6.10. The molecule has 8 heteroatoms. The molecule has 0 radical (unpaired) electrons. The fourth-order valence-corrected chi connectivity index (χ4v) is 2.69. The molecule has 0 saturated carbocycles. The van der Waals surface area contributed by atoms with Crippen molar-refractivity contribution in [1.82, 2.24) is 0 Å². The Morgan fingerprint density at radius 3 is 1.97 bits per heavy atom. The van der Waals surface area contributed by atoms with Crippen LogP contribution in [-0.2, 0) is 0 Å². The van der Waals surface area contributed by atoms with Gasteiger partial charge in [-0.15, -0.1) is 0 Å². The highest BCUT2D eigenvalue weighted by molar-refractivity contribution is 6.06. The van der Waals surface area contributed by atoms with Crippen molar-refractivity contribution in [3.63, 3.8) is 0 Å². The number of furan rings is 1. The summed E-state index contributed by atoms with van der Waals surface area (Å²) >= 11 is 0. The zero-order valence-corrected chi connectivity index (χ0v) is 16.5. The normalized spacial score (nSPS) is 10.4. The lowest BCUT2D eigenvalue weighted by Crippen LogP contribution is -2.15. The van der Waals surface area contributed by atoms with Gasteiger partial charge in [-0.1, -0.05) is 0 Å². The van der Waals surface area contributed by atoms with Gasteiger partial charge in [0.15, 0.2) is 5.76 Å². The first-order valence-corrected chi connectivity index (χ1v) is 9.37. The van der Waals surface area contributed by atoms with Crippen molar-refractivity contribution in [3.05, 3.63) is 71.9 Å². The van der Waals surface area contributed by atoms with Gasteiger partial charge < -0.3 is 24.5 Å². The molecule has 0 unspecified atom stereocenters. The minimum absolute atomic E-state index is 0.143. The van der Waals surface area contributed by atoms with Crippen LogP contribution in [0.1, 0.15) is 34.8 Å². The van der Waals surface area contributed by atoms with Crippen molar-refractivity contribution >= 4 is 23.2 Å². The van der Waals surface area contributed by atoms with E-state index in [2.05, 4.69) is 10.6 Å². The van der Waals surface area contributed by atoms with E-state index in [4.69, 9.17) is 13.9 Å². The molecule has 156 valence electrons. The van der Waals surface area contributed by atoms with E-state index < -0.39 is 17.6 Å². The van der Waals surface area contributed by atoms with E-state index in [1.807, 2.05) is 0 Å². The molecule has 0 fully saturated rings. The molecule has 2 aromatic carbocycles. The summed E-state index contributed by atoms with van der Waals surface area (Å²) < 4.78 is 29.5. The van der Waals surface area contributed by atoms with Crippen LogP contribution >= 0.6 is 0 Å². The third kappa shape index (κ3) is 4.96. The minimum Gasteiger partial charge on any atom is -0.492 e. The Morgan fingerprint density at radius 1 is 0.900 bits per heavy atom. The summed E-state index contributed by atoms with van der Waals surface area (Å²) in [5.74, 6) is -0.500. The predicted octanol–water partition coefficient (Wildman–Crippen LogP) is 4.72. The number of anilines is 2. The predicted molar refractivity (Wildman–Crippen MR) is 110 cm³/mol. The highest BCUT2D eigenvalue weighted by Crippen LogP contribution is 2.37. The van der Waals surface area contributed by atoms with Crippen molar-refractivity contribution in [2.24, 2.45) is 0 Å². The van der Waals surface area contributed by atoms with Crippen LogP contribution in [0.25, 0.3) is 0 Å². The third-order valence-electron chi connectivity index (χ3n) is 4.03. The fraction of sp³-hybridized carbons (Fsp3) is 0.182. The molecule has 0 aliphatic carbocycles. The molecule has 3 aromatic rings. The first kappa shape index (κ1) is 20.9. The van der Waals surface area contributed by atoms with Crippen LogP contribution in [0.2, 0.25) is 0 Å². The van der Waals surface area contributed by atoms with Crippen LogP contribution in [-0.4, -0.2) is 25.0 Å². The van der Waals surface area contributed by atoms with Gasteiger partial charge in [-0.05, 0) is 50.2 Å². The van der Waals surface area contributed by atoms with Gasteiger partial charge in [-0.25, -0.2) is 4.39 Å². The van der Waals surface area contributed by atoms with Crippen LogP contribution < -0.4 is 20.1 Å². The number of carbonyl (C=O) groups excluding carboxylic acids is 2. The summed E-state index contributed by atoms with van der Waals surface area (Å²) in [6.07, 6.45) is 1.40. The highest BCUT2D eigenvalue weighted by atomic mass is 19.1. The average Bonchev–Trinajstić information content (AvgIpc) is 3.27. The monoisotopic (exact) mass is 412 g/mol. The number of halogens is 1. The first-order valence-electron chi connectivity index (χ1n) is 9.37. The van der Waals surface area contributed by atoms with E-state index in [1.165, 1.54) is 36.6 Å². The van der Waals surface area contributed by atoms with Gasteiger partial charge in [0.1, 0.15) is 17.3 Å². The second kappa shape index (κ2) is 9.60. The van der Waals surface area contributed by atoms with Gasteiger partial charge in [0.05, 0.1) is 30.9 Å². The Balaban J connectivity index is 1.92. The number of benzene rings is 2. The smallest absolute Gasteiger partial charge is 0.291 e. The minimum atomic E-state index is -0.452. The summed E-state index contributed by atoms with van der Waals surface area (Å²) in [4.78, 5) is 24.9. The zero-order chi connectivity index (χ0) is 21.5. The van der Waals surface area contributed by atoms with Gasteiger partial charge in [0.2, 0.25) is 0 Å². The number of rotatable bonds is 8. The number of ether oxygens (including phenoxy) is 2. The van der Waals surface area contributed by atoms with E-state index in [-0.39, 0.29) is 11.3 Å². The Labute approximate surface area is 172 Å². The van der Waals surface area contributed by atoms with Crippen molar-refractivity contribution in [1.29, 1.82) is 0 Å². The Bertz CT molecular complexity index is 1020. The lowest BCUT2D eigenvalue weighted by Gasteiger charge is -2.17. The van der Waals surface area contributed by atoms with Gasteiger partial charge in [-0.3, -0.25) is 9.59 Å². The largest absolute Gasteiger partial charge is 0.492 e. The van der Waals surface area contributed by atoms with Crippen LogP contribution in [0.15, 0.2) is 59.2 Å². The lowest BCUT2D eigenvalue weighted by molar-refractivity contribution is 0.0993. The van der Waals surface area contributed by atoms with Crippen molar-refractivity contribution in [2.45, 2.75) is 13.8 Å². The summed E-state index contributed by atoms with van der Waals surface area (Å²) in [6, 6.07) is 11.4. The Morgan fingerprint density at radius 2 is 1.47 bits per heavy atom. The van der Waals surface area contributed by atoms with E-state index in [9.17, 15) is 14.0 Å². The van der Waals surface area contributed by atoms with Crippen molar-refractivity contribution in [2.75, 3.05) is 23.8 Å². The van der Waals surface area contributed by atoms with E-state index in [1.54, 1.807) is 32.0 Å². The van der Waals surface area contributed by atoms with E-state index in [0.717, 1.165) is 0 Å². The molecule has 1 aromatic heterocycles. The molecule has 0 bridgehead atoms. The summed E-state index contributed by atoms with van der Waals surface area (Å²) in [7, 11) is 0. The molecular formula is C22H21FN2O5. The standard InChI is InChI=1S/C22H21FN2O5/c1-3-28-19-13-17(25-22(27)18-6-5-11-30-18)20(29-4-2)12-16(19)24-21(26)14-7-9-15(23)10-8-14/h5-13H,3-4H2,1-2H3,(H,24,26)(H,25,27). The topological polar surface area (TPSA) is 89.8 Å². The first-order chi connectivity index (χ1) is 14.5. The molecule has 0 aliphatic heterocycles. The highest BCUT2D eigenvalue weighted by Gasteiger charge is 2.18. The van der Waals surface area contributed by atoms with Gasteiger partial charge in [0.25, 0.3) is 11.8 Å². The molecule has 1 heterocycles. The number of hydrogen-bond acceptors (Lipinski definition) is 5. The Hall–Kier alpha value is -3.81. The van der Waals surface area contributed by atoms with E-state index >= 15 is 0 Å². The molecule has 2 N–H and O–H groups in total. The zero-order valence-electron chi connectivity index (χ0n) is 16.5. The molecule has 3 rings (SSSR count). The maximum Gasteiger partial charge on any atom is 0.291 e. The maximum absolute atomic E-state index is 13.1. The quantitative estimate of drug-likeness (QED) is 0.559. The summed E-state index contributed by atoms with van der Waals surface area (Å²) in [5.41, 5.74) is 0.999. The second-order valence-electron chi connectivity index (χ2n) is 6.10. The molecule has 0 spiro atoms. The van der Waals surface area contributed by atoms with Gasteiger partial charge in [0, 0.05) is 17.7 Å². The average molecular weight is 412 g/mol. The summed E-state index contributed by atoms with van der Waals surface area (Å²) in [5, 5.41) is 5.46. The SMILES string of the molecule is CCOc1cc(NC(=O)c2ccco2)c(OCC)cc1NC(=O)c1ccc(F)cc1. The maximum atomic E-state index is 13.1. The van der Waals surface area contributed by atoms with Crippen LogP contribution in [0.4, 0.5) is 15.8 Å². The molecule has 0 saturated heterocycles. The van der Waals surface area contributed by atoms with Gasteiger partial charge >= 0.3 is 0 Å². The lowest BCUT2D eigenvalue weighted by atomic mass is 10.2. The Kier molecular flexibility index (Phi) is 6.69. The van der Waals surface area contributed by atoms with Crippen LogP contribution in [0, 0.1) is 5.82 Å². The molecule has 7 nitrogen and oxygen atoms in total. The summed E-state index contributed by atoms with van der Waals surface area (Å²) in [6.45, 7) is 4.26. The van der Waals surface area contributed by atoms with Crippen molar-refractivity contribution in [3.8, 4) is 11.5 Å². The molecule has 30 heavy (non-hydrogen) atoms. The van der Waals surface area contributed by atoms with Crippen LogP contribution in [0.3, 0.4) is 0 Å². The van der Waals surface area contributed by atoms with Crippen LogP contribution in [0.5, 0.6) is 11.5 Å². The van der Waals surface area contributed by atoms with Gasteiger partial charge in [-0.2, -0.15) is 0 Å². The van der Waals surface area contributed by atoms with E-state index in [0.29, 0.717) is 36.1 Å². The third-order valence-corrected chi connectivity index (χ3v) is 4.03. The molecule has 0 atom stereocenters. The molecular weight excluding hydrogens is 391 g/mol. The fourth-order valence-electron chi connectivity index (χ4n) is 2.69.